The maximum Gasteiger partial charge on any atom is 2.00 e. The van der Waals surface area contributed by atoms with E-state index in [1.54, 1.807) is 0 Å². The first kappa shape index (κ1) is 32.2. The quantitative estimate of drug-likeness (QED) is 0.356. The Labute approximate surface area is 159 Å². The van der Waals surface area contributed by atoms with Gasteiger partial charge in [-0.15, -0.1) is 0 Å². The van der Waals surface area contributed by atoms with Crippen LogP contribution in [0.3, 0.4) is 0 Å². The van der Waals surface area contributed by atoms with E-state index in [9.17, 15) is 0 Å². The smallest absolute Gasteiger partial charge is 1.00 e. The van der Waals surface area contributed by atoms with Crippen LogP contribution in [0.25, 0.3) is 4.98 Å². The number of anilines is 1. The Morgan fingerprint density at radius 1 is 0.900 bits per heavy atom. The van der Waals surface area contributed by atoms with Gasteiger partial charge in [0.05, 0.1) is 0 Å². The number of benzene rings is 1. The first-order valence-corrected chi connectivity index (χ1v) is 5.52. The Morgan fingerprint density at radius 2 is 1.30 bits per heavy atom. The Hall–Kier alpha value is 0.223. The molecular weight excluding hydrogens is 393 g/mol. The molecule has 0 unspecified atom stereocenters. The summed E-state index contributed by atoms with van der Waals surface area (Å²) in [5.74, 6) is 0. The minimum Gasteiger partial charge on any atom is -1.00 e. The minimum absolute atomic E-state index is 0. The average molecular weight is 411 g/mol. The molecular formula is C12H18Cl4N3Zn-. The Bertz CT molecular complexity index is 338. The second-order valence-corrected chi connectivity index (χ2v) is 3.60. The standard InChI is InChI=1S/C12H18N3.4ClH.Zn/c1-3-9-15(10-4-2)12-7-5-11(14-13)6-8-12;;;;;/h5-8H,3-4,9-10H2,1-2H3;4*1H;/q+1;;;;;+2/p-4. The van der Waals surface area contributed by atoms with E-state index in [1.807, 2.05) is 24.3 Å². The third-order valence-corrected chi connectivity index (χ3v) is 2.32. The van der Waals surface area contributed by atoms with Gasteiger partial charge < -0.3 is 54.5 Å². The Kier molecular flexibility index (Phi) is 31.0. The normalized spacial score (nSPS) is 7.25. The molecule has 8 heteroatoms. The Balaban J connectivity index is -0.000000150. The summed E-state index contributed by atoms with van der Waals surface area (Å²) in [7, 11) is 0. The molecule has 0 saturated carbocycles. The molecule has 0 atom stereocenters. The van der Waals surface area contributed by atoms with E-state index in [2.05, 4.69) is 23.7 Å². The largest absolute Gasteiger partial charge is 2.00 e. The first-order chi connectivity index (χ1) is 7.31. The van der Waals surface area contributed by atoms with Crippen LogP contribution in [0.4, 0.5) is 11.4 Å². The Morgan fingerprint density at radius 3 is 1.60 bits per heavy atom. The fourth-order valence-electron chi connectivity index (χ4n) is 1.64. The van der Waals surface area contributed by atoms with Gasteiger partial charge in [-0.25, -0.2) is 0 Å². The van der Waals surface area contributed by atoms with E-state index in [-0.39, 0.29) is 69.1 Å². The minimum atomic E-state index is 0. The predicted octanol–water partition coefficient (Wildman–Crippen LogP) is -8.19. The van der Waals surface area contributed by atoms with Crippen LogP contribution < -0.4 is 54.5 Å². The number of nitrogens with zero attached hydrogens (tertiary/aromatic N) is 3. The van der Waals surface area contributed by atoms with E-state index in [4.69, 9.17) is 5.39 Å². The summed E-state index contributed by atoms with van der Waals surface area (Å²) in [6.45, 7) is 6.51. The second-order valence-electron chi connectivity index (χ2n) is 3.60. The van der Waals surface area contributed by atoms with Crippen molar-refractivity contribution < 1.29 is 69.1 Å². The summed E-state index contributed by atoms with van der Waals surface area (Å²) < 4.78 is 0. The van der Waals surface area contributed by atoms with Crippen LogP contribution in [-0.4, -0.2) is 13.1 Å². The molecule has 1 aromatic carbocycles. The average Bonchev–Trinajstić information content (AvgIpc) is 2.29. The molecule has 0 fully saturated rings. The van der Waals surface area contributed by atoms with Crippen molar-refractivity contribution in [3.05, 3.63) is 29.2 Å². The van der Waals surface area contributed by atoms with E-state index in [0.29, 0.717) is 5.69 Å². The van der Waals surface area contributed by atoms with Gasteiger partial charge in [-0.1, -0.05) is 13.8 Å². The van der Waals surface area contributed by atoms with E-state index < -0.39 is 0 Å². The summed E-state index contributed by atoms with van der Waals surface area (Å²) in [6, 6.07) is 7.65. The van der Waals surface area contributed by atoms with Crippen molar-refractivity contribution in [2.45, 2.75) is 26.7 Å². The van der Waals surface area contributed by atoms with Crippen molar-refractivity contribution in [3.8, 4) is 0 Å². The van der Waals surface area contributed by atoms with Gasteiger partial charge in [-0.3, -0.25) is 0 Å². The molecule has 0 bridgehead atoms. The van der Waals surface area contributed by atoms with Crippen LogP contribution in [-0.2, 0) is 19.5 Å². The summed E-state index contributed by atoms with van der Waals surface area (Å²) >= 11 is 0. The summed E-state index contributed by atoms with van der Waals surface area (Å²) in [5, 5.41) is 8.59. The molecule has 0 aliphatic rings. The van der Waals surface area contributed by atoms with Crippen LogP contribution in [0.5, 0.6) is 0 Å². The van der Waals surface area contributed by atoms with Crippen LogP contribution in [0.1, 0.15) is 26.7 Å². The van der Waals surface area contributed by atoms with Gasteiger partial charge in [0, 0.05) is 30.9 Å². The molecule has 0 heterocycles. The molecule has 20 heavy (non-hydrogen) atoms. The van der Waals surface area contributed by atoms with Gasteiger partial charge in [0.2, 0.25) is 5.39 Å². The molecule has 112 valence electrons. The maximum atomic E-state index is 8.59. The van der Waals surface area contributed by atoms with Crippen molar-refractivity contribution in [3.63, 3.8) is 0 Å². The third kappa shape index (κ3) is 10.9. The van der Waals surface area contributed by atoms with E-state index in [1.165, 1.54) is 5.69 Å². The van der Waals surface area contributed by atoms with E-state index >= 15 is 0 Å². The number of halogens is 4. The maximum absolute atomic E-state index is 8.59. The monoisotopic (exact) mass is 408 g/mol. The van der Waals surface area contributed by atoms with Gasteiger partial charge in [-0.2, -0.15) is 0 Å². The molecule has 0 saturated heterocycles. The van der Waals surface area contributed by atoms with Gasteiger partial charge in [0.1, 0.15) is 0 Å². The fraction of sp³-hybridized carbons (Fsp3) is 0.500. The summed E-state index contributed by atoms with van der Waals surface area (Å²) in [4.78, 5) is 5.49. The molecule has 0 N–H and O–H groups in total. The molecule has 0 aliphatic heterocycles. The van der Waals surface area contributed by atoms with Gasteiger partial charge >= 0.3 is 25.2 Å². The van der Waals surface area contributed by atoms with Crippen molar-refractivity contribution in [1.82, 2.24) is 0 Å². The van der Waals surface area contributed by atoms with Crippen molar-refractivity contribution >= 4 is 11.4 Å². The molecule has 0 spiro atoms. The summed E-state index contributed by atoms with van der Waals surface area (Å²) in [5.41, 5.74) is 1.80. The van der Waals surface area contributed by atoms with Gasteiger partial charge in [0.25, 0.3) is 0 Å². The second kappa shape index (κ2) is 19.2. The molecule has 0 aliphatic carbocycles. The first-order valence-electron chi connectivity index (χ1n) is 5.52. The fourth-order valence-corrected chi connectivity index (χ4v) is 1.64. The molecule has 1 rings (SSSR count). The SMILES string of the molecule is CCCN(CCC)c1ccc([N+]#N)cc1.[Cl-].[Cl-].[Cl-].[Cl-].[Zn+2]. The van der Waals surface area contributed by atoms with Crippen LogP contribution in [0, 0.1) is 5.39 Å². The zero-order valence-electron chi connectivity index (χ0n) is 11.7. The third-order valence-electron chi connectivity index (χ3n) is 2.32. The predicted molar refractivity (Wildman–Crippen MR) is 64.0 cm³/mol. The van der Waals surface area contributed by atoms with E-state index in [0.717, 1.165) is 25.9 Å². The topological polar surface area (TPSA) is 31.4 Å². The van der Waals surface area contributed by atoms with Gasteiger partial charge in [-0.05, 0) is 25.0 Å². The summed E-state index contributed by atoms with van der Waals surface area (Å²) in [6.07, 6.45) is 2.29. The number of diazo groups is 1. The van der Waals surface area contributed by atoms with Crippen molar-refractivity contribution in [1.29, 1.82) is 5.39 Å². The van der Waals surface area contributed by atoms with Gasteiger partial charge in [0.15, 0.2) is 4.98 Å². The zero-order valence-corrected chi connectivity index (χ0v) is 17.7. The number of hydrogen-bond donors (Lipinski definition) is 0. The molecule has 3 nitrogen and oxygen atoms in total. The zero-order chi connectivity index (χ0) is 11.1. The molecule has 0 radical (unpaired) electrons. The van der Waals surface area contributed by atoms with Crippen LogP contribution in [0.15, 0.2) is 24.3 Å². The van der Waals surface area contributed by atoms with Crippen LogP contribution >= 0.6 is 0 Å². The van der Waals surface area contributed by atoms with Crippen LogP contribution in [0.2, 0.25) is 0 Å². The molecule has 0 aromatic heterocycles. The van der Waals surface area contributed by atoms with Crippen molar-refractivity contribution in [2.75, 3.05) is 18.0 Å². The molecule has 0 amide bonds. The number of hydrogen-bond acceptors (Lipinski definition) is 2. The number of rotatable bonds is 5. The molecule has 1 aromatic rings. The van der Waals surface area contributed by atoms with Crippen molar-refractivity contribution in [2.24, 2.45) is 0 Å².